The Labute approximate surface area is 215 Å². The lowest BCUT2D eigenvalue weighted by molar-refractivity contribution is -0.139. The molecule has 36 heavy (non-hydrogen) atoms. The molecule has 0 aromatic heterocycles. The van der Waals surface area contributed by atoms with E-state index in [1.807, 2.05) is 50.2 Å². The molecule has 0 saturated heterocycles. The van der Waals surface area contributed by atoms with Gasteiger partial charge in [-0.25, -0.2) is 8.42 Å². The van der Waals surface area contributed by atoms with Crippen molar-refractivity contribution in [2.45, 2.75) is 71.4 Å². The lowest BCUT2D eigenvalue weighted by Crippen LogP contribution is -2.53. The van der Waals surface area contributed by atoms with Crippen LogP contribution in [-0.2, 0) is 26.0 Å². The Hall–Kier alpha value is -2.87. The molecule has 0 aliphatic heterocycles. The van der Waals surface area contributed by atoms with E-state index < -0.39 is 22.0 Å². The van der Waals surface area contributed by atoms with Gasteiger partial charge >= 0.3 is 0 Å². The maximum Gasteiger partial charge on any atom is 0.244 e. The van der Waals surface area contributed by atoms with E-state index >= 15 is 0 Å². The van der Waals surface area contributed by atoms with Crippen LogP contribution < -0.4 is 9.62 Å². The minimum atomic E-state index is -3.73. The molecule has 196 valence electrons. The molecule has 0 spiro atoms. The average molecular weight is 514 g/mol. The molecule has 8 heteroatoms. The normalized spacial score (nSPS) is 15.2. The lowest BCUT2D eigenvalue weighted by Gasteiger charge is -2.33. The predicted octanol–water partition coefficient (Wildman–Crippen LogP) is 3.98. The van der Waals surface area contributed by atoms with Crippen LogP contribution in [-0.4, -0.2) is 56.6 Å². The number of carbonyl (C=O) groups is 2. The van der Waals surface area contributed by atoms with Gasteiger partial charge in [-0.05, 0) is 68.9 Å². The molecule has 1 fully saturated rings. The third-order valence-corrected chi connectivity index (χ3v) is 7.92. The molecule has 0 bridgehead atoms. The van der Waals surface area contributed by atoms with Crippen molar-refractivity contribution in [2.24, 2.45) is 0 Å². The highest BCUT2D eigenvalue weighted by molar-refractivity contribution is 7.92. The number of hydrogen-bond acceptors (Lipinski definition) is 4. The molecule has 7 nitrogen and oxygen atoms in total. The van der Waals surface area contributed by atoms with Crippen LogP contribution in [0.1, 0.15) is 55.7 Å². The smallest absolute Gasteiger partial charge is 0.244 e. The van der Waals surface area contributed by atoms with Gasteiger partial charge < -0.3 is 10.2 Å². The molecule has 1 atom stereocenters. The Morgan fingerprint density at radius 2 is 1.61 bits per heavy atom. The number of anilines is 1. The zero-order valence-corrected chi connectivity index (χ0v) is 22.7. The predicted molar refractivity (Wildman–Crippen MR) is 144 cm³/mol. The third kappa shape index (κ3) is 7.82. The summed E-state index contributed by atoms with van der Waals surface area (Å²) in [5.74, 6) is -0.595. The number of benzene rings is 2. The fourth-order valence-electron chi connectivity index (χ4n) is 4.85. The first-order valence-corrected chi connectivity index (χ1v) is 14.6. The number of rotatable bonds is 10. The van der Waals surface area contributed by atoms with E-state index in [-0.39, 0.29) is 18.5 Å². The number of carbonyl (C=O) groups excluding carboxylic acids is 2. The van der Waals surface area contributed by atoms with Gasteiger partial charge in [0.25, 0.3) is 0 Å². The molecule has 1 unspecified atom stereocenters. The second kappa shape index (κ2) is 12.4. The van der Waals surface area contributed by atoms with Gasteiger partial charge in [0, 0.05) is 12.6 Å². The molecule has 1 saturated carbocycles. The number of amides is 2. The molecule has 0 heterocycles. The number of nitrogens with one attached hydrogen (secondary N) is 1. The molecule has 1 aliphatic carbocycles. The summed E-state index contributed by atoms with van der Waals surface area (Å²) in [6.07, 6.45) is 6.94. The number of hydrogen-bond donors (Lipinski definition) is 1. The summed E-state index contributed by atoms with van der Waals surface area (Å²) in [4.78, 5) is 28.3. The largest absolute Gasteiger partial charge is 0.352 e. The third-order valence-electron chi connectivity index (χ3n) is 6.78. The van der Waals surface area contributed by atoms with Crippen molar-refractivity contribution in [3.63, 3.8) is 0 Å². The van der Waals surface area contributed by atoms with Crippen LogP contribution in [0.4, 0.5) is 5.69 Å². The highest BCUT2D eigenvalue weighted by Gasteiger charge is 2.31. The highest BCUT2D eigenvalue weighted by Crippen LogP contribution is 2.22. The molecular formula is C28H39N3O4S. The van der Waals surface area contributed by atoms with Gasteiger partial charge in [-0.1, -0.05) is 55.7 Å². The van der Waals surface area contributed by atoms with Gasteiger partial charge in [-0.3, -0.25) is 13.9 Å². The fraction of sp³-hybridized carbons (Fsp3) is 0.500. The molecule has 2 amide bonds. The summed E-state index contributed by atoms with van der Waals surface area (Å²) in [6, 6.07) is 14.6. The first kappa shape index (κ1) is 27.7. The molecule has 2 aromatic carbocycles. The maximum atomic E-state index is 13.6. The zero-order chi connectivity index (χ0) is 26.3. The second-order valence-electron chi connectivity index (χ2n) is 9.96. The average Bonchev–Trinajstić information content (AvgIpc) is 2.82. The standard InChI is InChI=1S/C28H39N3O4S/c1-21-17-22(2)19-26(18-21)31(36(4,34)35)20-27(32)30(16-15-24-11-7-5-8-12-24)23(3)28(33)29-25-13-9-6-10-14-25/h5,7-8,11-12,17-19,23,25H,6,9-10,13-16,20H2,1-4H3,(H,29,33). The summed E-state index contributed by atoms with van der Waals surface area (Å²) < 4.78 is 26.6. The highest BCUT2D eigenvalue weighted by atomic mass is 32.2. The number of aryl methyl sites for hydroxylation is 2. The van der Waals surface area contributed by atoms with E-state index in [1.54, 1.807) is 19.1 Å². The maximum absolute atomic E-state index is 13.6. The number of sulfonamides is 1. The Morgan fingerprint density at radius 1 is 1.00 bits per heavy atom. The first-order chi connectivity index (χ1) is 17.0. The van der Waals surface area contributed by atoms with Gasteiger partial charge in [0.2, 0.25) is 21.8 Å². The second-order valence-corrected chi connectivity index (χ2v) is 11.9. The Balaban J connectivity index is 1.83. The van der Waals surface area contributed by atoms with Crippen molar-refractivity contribution in [3.8, 4) is 0 Å². The van der Waals surface area contributed by atoms with E-state index in [2.05, 4.69) is 5.32 Å². The Morgan fingerprint density at radius 3 is 2.19 bits per heavy atom. The van der Waals surface area contributed by atoms with Crippen molar-refractivity contribution in [2.75, 3.05) is 23.7 Å². The lowest BCUT2D eigenvalue weighted by atomic mass is 9.95. The fourth-order valence-corrected chi connectivity index (χ4v) is 5.68. The van der Waals surface area contributed by atoms with Gasteiger partial charge in [-0.2, -0.15) is 0 Å². The van der Waals surface area contributed by atoms with Crippen molar-refractivity contribution >= 4 is 27.5 Å². The Kier molecular flexibility index (Phi) is 9.54. The van der Waals surface area contributed by atoms with Crippen molar-refractivity contribution < 1.29 is 18.0 Å². The van der Waals surface area contributed by atoms with Crippen molar-refractivity contribution in [1.82, 2.24) is 10.2 Å². The number of nitrogens with zero attached hydrogens (tertiary/aromatic N) is 2. The van der Waals surface area contributed by atoms with E-state index in [0.717, 1.165) is 52.9 Å². The van der Waals surface area contributed by atoms with Crippen LogP contribution in [0.25, 0.3) is 0 Å². The molecule has 1 N–H and O–H groups in total. The summed E-state index contributed by atoms with van der Waals surface area (Å²) >= 11 is 0. The van der Waals surface area contributed by atoms with Crippen LogP contribution in [0.5, 0.6) is 0 Å². The zero-order valence-electron chi connectivity index (χ0n) is 21.9. The van der Waals surface area contributed by atoms with E-state index in [1.165, 1.54) is 11.3 Å². The van der Waals surface area contributed by atoms with Crippen molar-refractivity contribution in [1.29, 1.82) is 0 Å². The van der Waals surface area contributed by atoms with Crippen LogP contribution in [0.2, 0.25) is 0 Å². The van der Waals surface area contributed by atoms with Gasteiger partial charge in [-0.15, -0.1) is 0 Å². The molecule has 0 radical (unpaired) electrons. The molecule has 3 rings (SSSR count). The minimum Gasteiger partial charge on any atom is -0.352 e. The van der Waals surface area contributed by atoms with Gasteiger partial charge in [0.05, 0.1) is 11.9 Å². The Bertz CT molecular complexity index is 1120. The van der Waals surface area contributed by atoms with Crippen LogP contribution in [0, 0.1) is 13.8 Å². The summed E-state index contributed by atoms with van der Waals surface area (Å²) in [5, 5.41) is 3.12. The van der Waals surface area contributed by atoms with Gasteiger partial charge in [0.15, 0.2) is 0 Å². The quantitative estimate of drug-likeness (QED) is 0.521. The summed E-state index contributed by atoms with van der Waals surface area (Å²) in [7, 11) is -3.73. The van der Waals surface area contributed by atoms with Crippen LogP contribution >= 0.6 is 0 Å². The molecule has 2 aromatic rings. The van der Waals surface area contributed by atoms with Crippen LogP contribution in [0.3, 0.4) is 0 Å². The molecule has 1 aliphatic rings. The van der Waals surface area contributed by atoms with E-state index in [9.17, 15) is 18.0 Å². The molecular weight excluding hydrogens is 474 g/mol. The van der Waals surface area contributed by atoms with Gasteiger partial charge in [0.1, 0.15) is 12.6 Å². The van der Waals surface area contributed by atoms with Crippen molar-refractivity contribution in [3.05, 3.63) is 65.2 Å². The topological polar surface area (TPSA) is 86.8 Å². The van der Waals surface area contributed by atoms with E-state index in [4.69, 9.17) is 0 Å². The van der Waals surface area contributed by atoms with Crippen LogP contribution in [0.15, 0.2) is 48.5 Å². The SMILES string of the molecule is Cc1cc(C)cc(N(CC(=O)N(CCc2ccccc2)C(C)C(=O)NC2CCCCC2)S(C)(=O)=O)c1. The first-order valence-electron chi connectivity index (χ1n) is 12.7. The summed E-state index contributed by atoms with van der Waals surface area (Å²) in [5.41, 5.74) is 3.31. The minimum absolute atomic E-state index is 0.127. The monoisotopic (exact) mass is 513 g/mol. The van der Waals surface area contributed by atoms with E-state index in [0.29, 0.717) is 18.7 Å². The summed E-state index contributed by atoms with van der Waals surface area (Å²) in [6.45, 7) is 5.46.